The highest BCUT2D eigenvalue weighted by atomic mass is 31.2. The van der Waals surface area contributed by atoms with E-state index in [0.29, 0.717) is 37.5 Å². The van der Waals surface area contributed by atoms with Crippen LogP contribution < -0.4 is 0 Å². The fraction of sp³-hybridized carbons (Fsp3) is 0.938. The van der Waals surface area contributed by atoms with Crippen molar-refractivity contribution in [3.8, 4) is 0 Å². The maximum atomic E-state index is 13.0. The number of carbonyl (C=O) groups excluding carboxylic acids is 4. The number of phosphoric ester groups is 2. The highest BCUT2D eigenvalue weighted by Gasteiger charge is 2.30. The number of unbranched alkanes of at least 4 members (excludes halogenated alkanes) is 27. The minimum absolute atomic E-state index is 0.101. The van der Waals surface area contributed by atoms with Crippen LogP contribution in [0.3, 0.4) is 0 Å². The molecule has 492 valence electrons. The number of aliphatic hydroxyl groups excluding tert-OH is 1. The van der Waals surface area contributed by atoms with Gasteiger partial charge in [-0.3, -0.25) is 37.3 Å². The predicted octanol–water partition coefficient (Wildman–Crippen LogP) is 17.4. The van der Waals surface area contributed by atoms with Crippen LogP contribution in [0.5, 0.6) is 0 Å². The molecular formula is C64H124O17P2. The number of ether oxygens (including phenoxy) is 4. The van der Waals surface area contributed by atoms with Crippen LogP contribution in [0.15, 0.2) is 0 Å². The summed E-state index contributed by atoms with van der Waals surface area (Å²) in [7, 11) is -9.89. The van der Waals surface area contributed by atoms with E-state index < -0.39 is 97.5 Å². The summed E-state index contributed by atoms with van der Waals surface area (Å²) in [5, 5.41) is 10.5. The summed E-state index contributed by atoms with van der Waals surface area (Å²) >= 11 is 0. The topological polar surface area (TPSA) is 237 Å². The van der Waals surface area contributed by atoms with Gasteiger partial charge in [0.15, 0.2) is 12.2 Å². The Balaban J connectivity index is 5.25. The van der Waals surface area contributed by atoms with Crippen molar-refractivity contribution >= 4 is 39.5 Å². The highest BCUT2D eigenvalue weighted by molar-refractivity contribution is 7.47. The first-order valence-corrected chi connectivity index (χ1v) is 36.2. The van der Waals surface area contributed by atoms with Gasteiger partial charge in [0.05, 0.1) is 26.4 Å². The third-order valence-electron chi connectivity index (χ3n) is 14.6. The summed E-state index contributed by atoms with van der Waals surface area (Å²) in [6.07, 6.45) is 33.7. The van der Waals surface area contributed by atoms with E-state index in [1.54, 1.807) is 0 Å². The van der Waals surface area contributed by atoms with Crippen molar-refractivity contribution in [2.75, 3.05) is 39.6 Å². The standard InChI is InChI=1S/C64H124O17P2/c1-54(2)40-32-24-16-11-9-10-12-20-30-38-46-63(68)80-59(50-74-61(66)44-36-28-19-14-13-17-25-33-41-55(3)4)52-78-82(70,71)76-48-58(65)49-77-83(72,73)79-53-60(81-64(69)47-39-31-23-22-27-35-43-57(7)8)51-75-62(67)45-37-29-21-15-18-26-34-42-56(5)6/h54-60,65H,9-53H2,1-8H3,(H,70,71)(H,72,73)/t58?,59-,60-/m1/s1. The molecule has 0 amide bonds. The zero-order chi connectivity index (χ0) is 61.8. The molecule has 0 fully saturated rings. The van der Waals surface area contributed by atoms with Crippen LogP contribution in [0.4, 0.5) is 0 Å². The van der Waals surface area contributed by atoms with Crippen molar-refractivity contribution < 1.29 is 80.2 Å². The molecule has 0 aliphatic carbocycles. The lowest BCUT2D eigenvalue weighted by Gasteiger charge is -2.21. The molecule has 0 aliphatic heterocycles. The van der Waals surface area contributed by atoms with Crippen LogP contribution in [0, 0.1) is 23.7 Å². The first-order chi connectivity index (χ1) is 39.6. The van der Waals surface area contributed by atoms with Gasteiger partial charge in [0.2, 0.25) is 0 Å². The molecule has 5 atom stereocenters. The van der Waals surface area contributed by atoms with Crippen molar-refractivity contribution in [1.82, 2.24) is 0 Å². The Morgan fingerprint density at radius 2 is 0.506 bits per heavy atom. The molecule has 0 radical (unpaired) electrons. The van der Waals surface area contributed by atoms with Gasteiger partial charge in [0.25, 0.3) is 0 Å². The van der Waals surface area contributed by atoms with Gasteiger partial charge in [-0.1, -0.05) is 254 Å². The second-order valence-corrected chi connectivity index (χ2v) is 28.0. The van der Waals surface area contributed by atoms with E-state index in [0.717, 1.165) is 108 Å². The summed E-state index contributed by atoms with van der Waals surface area (Å²) in [6, 6.07) is 0. The Morgan fingerprint density at radius 1 is 0.301 bits per heavy atom. The SMILES string of the molecule is CC(C)CCCCCCCCCCCCC(=O)O[C@H](COC(=O)CCCCCCCCCCC(C)C)COP(=O)(O)OCC(O)COP(=O)(O)OC[C@@H](COC(=O)CCCCCCCCCC(C)C)OC(=O)CCCCCCCCC(C)C. The molecule has 0 aromatic carbocycles. The minimum atomic E-state index is -4.95. The molecule has 0 aromatic rings. The van der Waals surface area contributed by atoms with E-state index in [2.05, 4.69) is 55.4 Å². The van der Waals surface area contributed by atoms with Gasteiger partial charge in [-0.15, -0.1) is 0 Å². The lowest BCUT2D eigenvalue weighted by molar-refractivity contribution is -0.161. The number of aliphatic hydroxyl groups is 1. The van der Waals surface area contributed by atoms with Crippen molar-refractivity contribution in [3.05, 3.63) is 0 Å². The van der Waals surface area contributed by atoms with Gasteiger partial charge in [-0.2, -0.15) is 0 Å². The van der Waals surface area contributed by atoms with Crippen LogP contribution in [-0.4, -0.2) is 96.7 Å². The van der Waals surface area contributed by atoms with E-state index in [1.807, 2.05) is 0 Å². The van der Waals surface area contributed by atoms with Gasteiger partial charge in [-0.05, 0) is 49.4 Å². The molecule has 0 heterocycles. The molecule has 0 rings (SSSR count). The van der Waals surface area contributed by atoms with Gasteiger partial charge < -0.3 is 33.8 Å². The molecular weight excluding hydrogens is 1100 g/mol. The molecule has 0 aromatic heterocycles. The van der Waals surface area contributed by atoms with Crippen molar-refractivity contribution in [2.24, 2.45) is 23.7 Å². The zero-order valence-corrected chi connectivity index (χ0v) is 55.6. The number of hydrogen-bond acceptors (Lipinski definition) is 15. The Kier molecular flexibility index (Phi) is 53.0. The second kappa shape index (κ2) is 54.2. The summed E-state index contributed by atoms with van der Waals surface area (Å²) in [5.41, 5.74) is 0. The molecule has 83 heavy (non-hydrogen) atoms. The Morgan fingerprint density at radius 3 is 0.747 bits per heavy atom. The van der Waals surface area contributed by atoms with E-state index in [1.165, 1.54) is 103 Å². The van der Waals surface area contributed by atoms with Gasteiger partial charge in [0, 0.05) is 25.7 Å². The number of hydrogen-bond donors (Lipinski definition) is 3. The number of esters is 4. The fourth-order valence-corrected chi connectivity index (χ4v) is 11.0. The van der Waals surface area contributed by atoms with Gasteiger partial charge in [0.1, 0.15) is 19.3 Å². The summed E-state index contributed by atoms with van der Waals surface area (Å²) < 4.78 is 68.0. The molecule has 0 spiro atoms. The first-order valence-electron chi connectivity index (χ1n) is 33.2. The fourth-order valence-electron chi connectivity index (χ4n) is 9.43. The van der Waals surface area contributed by atoms with E-state index >= 15 is 0 Å². The number of carbonyl (C=O) groups is 4. The summed E-state index contributed by atoms with van der Waals surface area (Å²) in [4.78, 5) is 72.2. The number of rotatable bonds is 61. The quantitative estimate of drug-likeness (QED) is 0.0222. The monoisotopic (exact) mass is 1230 g/mol. The Labute approximate surface area is 505 Å². The van der Waals surface area contributed by atoms with Crippen molar-refractivity contribution in [1.29, 1.82) is 0 Å². The average Bonchev–Trinajstić information content (AvgIpc) is 3.44. The van der Waals surface area contributed by atoms with Gasteiger partial charge >= 0.3 is 39.5 Å². The lowest BCUT2D eigenvalue weighted by atomic mass is 10.0. The van der Waals surface area contributed by atoms with Gasteiger partial charge in [-0.25, -0.2) is 9.13 Å². The zero-order valence-electron chi connectivity index (χ0n) is 53.8. The predicted molar refractivity (Wildman–Crippen MR) is 331 cm³/mol. The minimum Gasteiger partial charge on any atom is -0.462 e. The van der Waals surface area contributed by atoms with E-state index in [4.69, 9.17) is 37.0 Å². The summed E-state index contributed by atoms with van der Waals surface area (Å²) in [5.74, 6) is 0.709. The van der Waals surface area contributed by atoms with Crippen molar-refractivity contribution in [3.63, 3.8) is 0 Å². The molecule has 3 N–H and O–H groups in total. The van der Waals surface area contributed by atoms with Crippen LogP contribution in [-0.2, 0) is 65.4 Å². The third-order valence-corrected chi connectivity index (χ3v) is 16.5. The molecule has 3 unspecified atom stereocenters. The highest BCUT2D eigenvalue weighted by Crippen LogP contribution is 2.45. The van der Waals surface area contributed by atoms with Crippen molar-refractivity contribution in [2.45, 2.75) is 324 Å². The molecule has 0 aliphatic rings. The maximum Gasteiger partial charge on any atom is 0.472 e. The second-order valence-electron chi connectivity index (χ2n) is 25.1. The molecule has 0 bridgehead atoms. The molecule has 19 heteroatoms. The molecule has 17 nitrogen and oxygen atoms in total. The van der Waals surface area contributed by atoms with Crippen LogP contribution in [0.2, 0.25) is 0 Å². The molecule has 0 saturated heterocycles. The van der Waals surface area contributed by atoms with Crippen LogP contribution in [0.25, 0.3) is 0 Å². The average molecular weight is 1230 g/mol. The maximum absolute atomic E-state index is 13.0. The smallest absolute Gasteiger partial charge is 0.462 e. The number of phosphoric acid groups is 2. The summed E-state index contributed by atoms with van der Waals surface area (Å²) in [6.45, 7) is 13.9. The molecule has 0 saturated carbocycles. The van der Waals surface area contributed by atoms with E-state index in [9.17, 15) is 43.2 Å². The lowest BCUT2D eigenvalue weighted by Crippen LogP contribution is -2.30. The Hall–Kier alpha value is -1.94. The largest absolute Gasteiger partial charge is 0.472 e. The third kappa shape index (κ3) is 58.8. The van der Waals surface area contributed by atoms with Crippen LogP contribution >= 0.6 is 15.6 Å². The Bertz CT molecular complexity index is 1660. The van der Waals surface area contributed by atoms with E-state index in [-0.39, 0.29) is 25.7 Å². The normalized spacial score (nSPS) is 14.4. The van der Waals surface area contributed by atoms with Crippen LogP contribution in [0.1, 0.15) is 306 Å². The first kappa shape index (κ1) is 81.1.